The van der Waals surface area contributed by atoms with E-state index in [2.05, 4.69) is 20.4 Å². The van der Waals surface area contributed by atoms with Crippen molar-refractivity contribution in [3.63, 3.8) is 0 Å². The molecule has 2 heterocycles. The van der Waals surface area contributed by atoms with Crippen molar-refractivity contribution in [3.8, 4) is 0 Å². The highest BCUT2D eigenvalue weighted by Gasteiger charge is 2.17. The number of rotatable bonds is 6. The lowest BCUT2D eigenvalue weighted by Crippen LogP contribution is -2.42. The van der Waals surface area contributed by atoms with Crippen molar-refractivity contribution in [2.75, 3.05) is 20.2 Å². The normalized spacial score (nSPS) is 16.7. The van der Waals surface area contributed by atoms with Crippen LogP contribution >= 0.6 is 35.6 Å². The van der Waals surface area contributed by atoms with Crippen LogP contribution in [0.5, 0.6) is 0 Å². The van der Waals surface area contributed by atoms with Gasteiger partial charge in [0.2, 0.25) is 0 Å². The highest BCUT2D eigenvalue weighted by Crippen LogP contribution is 2.17. The van der Waals surface area contributed by atoms with Gasteiger partial charge in [0.1, 0.15) is 12.4 Å². The first kappa shape index (κ1) is 22.9. The van der Waals surface area contributed by atoms with E-state index in [9.17, 15) is 0 Å². The molecular formula is C19H28ClIN6O. The van der Waals surface area contributed by atoms with Gasteiger partial charge in [-0.15, -0.1) is 34.2 Å². The Labute approximate surface area is 188 Å². The van der Waals surface area contributed by atoms with Crippen molar-refractivity contribution in [3.05, 3.63) is 46.5 Å². The lowest BCUT2D eigenvalue weighted by Gasteiger charge is -2.24. The molecule has 28 heavy (non-hydrogen) atoms. The topological polar surface area (TPSA) is 67.6 Å². The standard InChI is InChI=1S/C19H27ClN6O.HI/c1-14-23-24-18(26(14)3)12-22-19(21-11-16-8-6-10-27-16)25(2)13-15-7-4-5-9-17(15)20;/h4-5,7,9,16H,6,8,10-13H2,1-3H3,(H,21,22);1H. The second kappa shape index (κ2) is 11.0. The number of aryl methyl sites for hydroxylation is 1. The largest absolute Gasteiger partial charge is 0.376 e. The van der Waals surface area contributed by atoms with E-state index >= 15 is 0 Å². The molecule has 3 rings (SSSR count). The Morgan fingerprint density at radius 2 is 2.18 bits per heavy atom. The predicted molar refractivity (Wildman–Crippen MR) is 122 cm³/mol. The van der Waals surface area contributed by atoms with Crippen LogP contribution in [-0.2, 0) is 24.9 Å². The first-order valence-electron chi connectivity index (χ1n) is 9.24. The second-order valence-corrected chi connectivity index (χ2v) is 7.23. The summed E-state index contributed by atoms with van der Waals surface area (Å²) in [5.74, 6) is 2.50. The van der Waals surface area contributed by atoms with Gasteiger partial charge >= 0.3 is 0 Å². The van der Waals surface area contributed by atoms with Crippen molar-refractivity contribution in [1.29, 1.82) is 0 Å². The van der Waals surface area contributed by atoms with Crippen LogP contribution in [0.15, 0.2) is 29.3 Å². The number of benzene rings is 1. The molecule has 154 valence electrons. The summed E-state index contributed by atoms with van der Waals surface area (Å²) in [4.78, 5) is 6.83. The summed E-state index contributed by atoms with van der Waals surface area (Å²) in [6.45, 7) is 4.63. The molecule has 1 aromatic heterocycles. The first-order chi connectivity index (χ1) is 13.0. The molecule has 9 heteroatoms. The van der Waals surface area contributed by atoms with Crippen LogP contribution in [0.3, 0.4) is 0 Å². The van der Waals surface area contributed by atoms with E-state index in [1.54, 1.807) is 0 Å². The Morgan fingerprint density at radius 3 is 2.82 bits per heavy atom. The molecule has 0 bridgehead atoms. The van der Waals surface area contributed by atoms with Crippen molar-refractivity contribution < 1.29 is 4.74 Å². The monoisotopic (exact) mass is 518 g/mol. The van der Waals surface area contributed by atoms with Gasteiger partial charge in [0, 0.05) is 38.8 Å². The Balaban J connectivity index is 0.00000280. The number of aromatic nitrogens is 3. The molecule has 0 saturated carbocycles. The molecule has 1 N–H and O–H groups in total. The number of halogens is 2. The lowest BCUT2D eigenvalue weighted by molar-refractivity contribution is 0.113. The van der Waals surface area contributed by atoms with Crippen LogP contribution in [0.1, 0.15) is 30.1 Å². The summed E-state index contributed by atoms with van der Waals surface area (Å²) >= 11 is 6.32. The SMILES string of the molecule is Cc1nnc(CN=C(NCC2CCCO2)N(C)Cc2ccccc2Cl)n1C.I. The van der Waals surface area contributed by atoms with Gasteiger partial charge in [-0.25, -0.2) is 4.99 Å². The van der Waals surface area contributed by atoms with E-state index in [4.69, 9.17) is 21.3 Å². The smallest absolute Gasteiger partial charge is 0.194 e. The lowest BCUT2D eigenvalue weighted by atomic mass is 10.2. The van der Waals surface area contributed by atoms with Gasteiger partial charge < -0.3 is 19.5 Å². The van der Waals surface area contributed by atoms with Crippen molar-refractivity contribution in [2.24, 2.45) is 12.0 Å². The van der Waals surface area contributed by atoms with E-state index in [-0.39, 0.29) is 30.1 Å². The summed E-state index contributed by atoms with van der Waals surface area (Å²) < 4.78 is 7.68. The molecule has 1 saturated heterocycles. The molecule has 0 aliphatic carbocycles. The number of hydrogen-bond acceptors (Lipinski definition) is 4. The quantitative estimate of drug-likeness (QED) is 0.362. The summed E-state index contributed by atoms with van der Waals surface area (Å²) in [6, 6.07) is 7.87. The molecule has 0 amide bonds. The van der Waals surface area contributed by atoms with Gasteiger partial charge in [0.05, 0.1) is 6.10 Å². The highest BCUT2D eigenvalue weighted by molar-refractivity contribution is 14.0. The maximum Gasteiger partial charge on any atom is 0.194 e. The molecule has 1 unspecified atom stereocenters. The molecule has 0 radical (unpaired) electrons. The fraction of sp³-hybridized carbons (Fsp3) is 0.526. The molecule has 1 aromatic carbocycles. The van der Waals surface area contributed by atoms with Crippen molar-refractivity contribution in [1.82, 2.24) is 25.0 Å². The van der Waals surface area contributed by atoms with E-state index in [1.165, 1.54) is 0 Å². The van der Waals surface area contributed by atoms with Gasteiger partial charge in [0.15, 0.2) is 11.8 Å². The molecule has 1 aliphatic rings. The average Bonchev–Trinajstić information content (AvgIpc) is 3.28. The first-order valence-corrected chi connectivity index (χ1v) is 9.61. The summed E-state index contributed by atoms with van der Waals surface area (Å²) in [5.41, 5.74) is 1.06. The zero-order valence-electron chi connectivity index (χ0n) is 16.6. The van der Waals surface area contributed by atoms with Crippen LogP contribution in [-0.4, -0.2) is 51.9 Å². The van der Waals surface area contributed by atoms with Gasteiger partial charge in [-0.05, 0) is 31.4 Å². The predicted octanol–water partition coefficient (Wildman–Crippen LogP) is 3.15. The van der Waals surface area contributed by atoms with Crippen LogP contribution in [0.4, 0.5) is 0 Å². The third kappa shape index (κ3) is 6.05. The molecule has 1 aliphatic heterocycles. The van der Waals surface area contributed by atoms with Gasteiger partial charge in [0.25, 0.3) is 0 Å². The van der Waals surface area contributed by atoms with Gasteiger partial charge in [-0.3, -0.25) is 0 Å². The average molecular weight is 519 g/mol. The number of aliphatic imine (C=N–C) groups is 1. The summed E-state index contributed by atoms with van der Waals surface area (Å²) in [6.07, 6.45) is 2.43. The molecule has 1 fully saturated rings. The summed E-state index contributed by atoms with van der Waals surface area (Å²) in [5, 5.41) is 12.5. The van der Waals surface area contributed by atoms with Gasteiger partial charge in [-0.1, -0.05) is 29.8 Å². The molecule has 2 aromatic rings. The third-order valence-corrected chi connectivity index (χ3v) is 5.16. The van der Waals surface area contributed by atoms with Crippen LogP contribution < -0.4 is 5.32 Å². The fourth-order valence-electron chi connectivity index (χ4n) is 3.01. The van der Waals surface area contributed by atoms with E-state index < -0.39 is 0 Å². The summed E-state index contributed by atoms with van der Waals surface area (Å²) in [7, 11) is 3.96. The van der Waals surface area contributed by atoms with Crippen LogP contribution in [0, 0.1) is 6.92 Å². The number of hydrogen-bond donors (Lipinski definition) is 1. The van der Waals surface area contributed by atoms with Crippen molar-refractivity contribution >= 4 is 41.5 Å². The van der Waals surface area contributed by atoms with E-state index in [1.807, 2.05) is 49.9 Å². The minimum atomic E-state index is 0. The fourth-order valence-corrected chi connectivity index (χ4v) is 3.21. The maximum atomic E-state index is 6.32. The second-order valence-electron chi connectivity index (χ2n) is 6.83. The Hall–Kier alpha value is -1.39. The van der Waals surface area contributed by atoms with E-state index in [0.29, 0.717) is 13.1 Å². The Bertz CT molecular complexity index is 790. The van der Waals surface area contributed by atoms with Crippen LogP contribution in [0.2, 0.25) is 5.02 Å². The number of nitrogens with zero attached hydrogens (tertiary/aromatic N) is 5. The molecule has 7 nitrogen and oxygen atoms in total. The number of guanidine groups is 1. The molecular weight excluding hydrogens is 491 g/mol. The minimum absolute atomic E-state index is 0. The molecule has 0 spiro atoms. The third-order valence-electron chi connectivity index (χ3n) is 4.79. The number of nitrogens with one attached hydrogen (secondary N) is 1. The van der Waals surface area contributed by atoms with Crippen LogP contribution in [0.25, 0.3) is 0 Å². The Kier molecular flexibility index (Phi) is 8.97. The maximum absolute atomic E-state index is 6.32. The Morgan fingerprint density at radius 1 is 1.39 bits per heavy atom. The minimum Gasteiger partial charge on any atom is -0.376 e. The molecule has 1 atom stereocenters. The van der Waals surface area contributed by atoms with Gasteiger partial charge in [-0.2, -0.15) is 0 Å². The van der Waals surface area contributed by atoms with Crippen molar-refractivity contribution in [2.45, 2.75) is 39.0 Å². The zero-order valence-corrected chi connectivity index (χ0v) is 19.6. The van der Waals surface area contributed by atoms with E-state index in [0.717, 1.165) is 54.2 Å². The zero-order chi connectivity index (χ0) is 19.2. The number of ether oxygens (including phenoxy) is 1. The highest BCUT2D eigenvalue weighted by atomic mass is 127.